The molecule has 7 heteroatoms. The molecule has 3 unspecified atom stereocenters. The normalized spacial score (nSPS) is 23.2. The molecule has 1 aliphatic rings. The lowest BCUT2D eigenvalue weighted by molar-refractivity contribution is 0.253. The number of hydrogen-bond acceptors (Lipinski definition) is 5. The fourth-order valence-corrected chi connectivity index (χ4v) is 4.69. The van der Waals surface area contributed by atoms with Crippen LogP contribution in [0.4, 0.5) is 5.82 Å². The van der Waals surface area contributed by atoms with Crippen LogP contribution >= 0.6 is 0 Å². The molecule has 1 aliphatic carbocycles. The standard InChI is InChI=1S/C20H28N4O2S/c1-13-6-5-7-17(15(13)3)22-20-11-10-18(23-24-20)16-9-8-14(2)19(12-16)27(25,26)21-4/h8-13,15,17,21H,5-7H2,1-4H3,(H,22,24). The summed E-state index contributed by atoms with van der Waals surface area (Å²) in [5, 5.41) is 12.1. The van der Waals surface area contributed by atoms with Crippen molar-refractivity contribution < 1.29 is 8.42 Å². The molecule has 2 N–H and O–H groups in total. The van der Waals surface area contributed by atoms with Crippen LogP contribution in [0, 0.1) is 18.8 Å². The Morgan fingerprint density at radius 2 is 1.85 bits per heavy atom. The number of aryl methyl sites for hydroxylation is 1. The Kier molecular flexibility index (Phi) is 5.81. The number of anilines is 1. The maximum Gasteiger partial charge on any atom is 0.240 e. The van der Waals surface area contributed by atoms with E-state index in [1.807, 2.05) is 18.2 Å². The lowest BCUT2D eigenvalue weighted by Gasteiger charge is -2.34. The van der Waals surface area contributed by atoms with Crippen LogP contribution < -0.4 is 10.0 Å². The minimum atomic E-state index is -3.51. The molecular formula is C20H28N4O2S. The first-order valence-corrected chi connectivity index (χ1v) is 10.9. The van der Waals surface area contributed by atoms with E-state index in [4.69, 9.17) is 0 Å². The van der Waals surface area contributed by atoms with Crippen LogP contribution in [0.5, 0.6) is 0 Å². The van der Waals surface area contributed by atoms with Crippen LogP contribution in [-0.2, 0) is 10.0 Å². The van der Waals surface area contributed by atoms with Gasteiger partial charge in [0.15, 0.2) is 0 Å². The predicted molar refractivity (Wildman–Crippen MR) is 108 cm³/mol. The van der Waals surface area contributed by atoms with Gasteiger partial charge < -0.3 is 5.32 Å². The van der Waals surface area contributed by atoms with Gasteiger partial charge in [-0.15, -0.1) is 10.2 Å². The zero-order chi connectivity index (χ0) is 19.6. The highest BCUT2D eigenvalue weighted by Gasteiger charge is 2.27. The Morgan fingerprint density at radius 1 is 1.07 bits per heavy atom. The number of sulfonamides is 1. The van der Waals surface area contributed by atoms with E-state index in [0.29, 0.717) is 29.1 Å². The Bertz CT molecular complexity index is 897. The average molecular weight is 389 g/mol. The van der Waals surface area contributed by atoms with E-state index in [9.17, 15) is 8.42 Å². The summed E-state index contributed by atoms with van der Waals surface area (Å²) >= 11 is 0. The Balaban J connectivity index is 1.81. The molecule has 1 heterocycles. The second-order valence-electron chi connectivity index (χ2n) is 7.51. The highest BCUT2D eigenvalue weighted by molar-refractivity contribution is 7.89. The Labute approximate surface area is 161 Å². The summed E-state index contributed by atoms with van der Waals surface area (Å²) in [4.78, 5) is 0.261. The molecule has 0 amide bonds. The van der Waals surface area contributed by atoms with Crippen LogP contribution in [0.3, 0.4) is 0 Å². The Morgan fingerprint density at radius 3 is 2.52 bits per heavy atom. The van der Waals surface area contributed by atoms with Gasteiger partial charge in [-0.05, 0) is 56.0 Å². The van der Waals surface area contributed by atoms with E-state index in [0.717, 1.165) is 17.8 Å². The number of benzene rings is 1. The molecule has 0 spiro atoms. The van der Waals surface area contributed by atoms with E-state index in [1.165, 1.54) is 19.9 Å². The highest BCUT2D eigenvalue weighted by atomic mass is 32.2. The molecule has 0 bridgehead atoms. The molecule has 3 rings (SSSR count). The molecule has 2 aromatic rings. The first kappa shape index (κ1) is 19.8. The molecule has 3 atom stereocenters. The second kappa shape index (κ2) is 7.94. The van der Waals surface area contributed by atoms with Crippen LogP contribution in [0.25, 0.3) is 11.3 Å². The van der Waals surface area contributed by atoms with Gasteiger partial charge in [-0.1, -0.05) is 38.8 Å². The third kappa shape index (κ3) is 4.30. The summed E-state index contributed by atoms with van der Waals surface area (Å²) in [6, 6.07) is 9.52. The minimum Gasteiger partial charge on any atom is -0.366 e. The van der Waals surface area contributed by atoms with Crippen molar-refractivity contribution in [2.75, 3.05) is 12.4 Å². The van der Waals surface area contributed by atoms with E-state index in [1.54, 1.807) is 19.1 Å². The quantitative estimate of drug-likeness (QED) is 0.818. The molecule has 1 aromatic carbocycles. The van der Waals surface area contributed by atoms with Crippen molar-refractivity contribution in [3.63, 3.8) is 0 Å². The molecular weight excluding hydrogens is 360 g/mol. The van der Waals surface area contributed by atoms with Gasteiger partial charge in [0.2, 0.25) is 10.0 Å². The van der Waals surface area contributed by atoms with Gasteiger partial charge in [0.25, 0.3) is 0 Å². The van der Waals surface area contributed by atoms with Crippen LogP contribution in [0.1, 0.15) is 38.7 Å². The molecule has 146 valence electrons. The van der Waals surface area contributed by atoms with E-state index in [2.05, 4.69) is 34.1 Å². The van der Waals surface area contributed by atoms with Gasteiger partial charge in [0.05, 0.1) is 10.6 Å². The topological polar surface area (TPSA) is 84.0 Å². The van der Waals surface area contributed by atoms with Crippen molar-refractivity contribution in [2.24, 2.45) is 11.8 Å². The SMILES string of the molecule is CNS(=O)(=O)c1cc(-c2ccc(NC3CCCC(C)C3C)nn2)ccc1C. The molecule has 0 aliphatic heterocycles. The van der Waals surface area contributed by atoms with Crippen molar-refractivity contribution in [2.45, 2.75) is 51.0 Å². The minimum absolute atomic E-state index is 0.261. The first-order chi connectivity index (χ1) is 12.8. The van der Waals surface area contributed by atoms with Crippen molar-refractivity contribution in [3.8, 4) is 11.3 Å². The van der Waals surface area contributed by atoms with Crippen molar-refractivity contribution >= 4 is 15.8 Å². The second-order valence-corrected chi connectivity index (χ2v) is 9.36. The lowest BCUT2D eigenvalue weighted by atomic mass is 9.78. The van der Waals surface area contributed by atoms with Gasteiger partial charge in [0, 0.05) is 11.6 Å². The summed E-state index contributed by atoms with van der Waals surface area (Å²) in [6.07, 6.45) is 3.67. The molecule has 27 heavy (non-hydrogen) atoms. The zero-order valence-corrected chi connectivity index (χ0v) is 17.2. The third-order valence-electron chi connectivity index (χ3n) is 5.75. The summed E-state index contributed by atoms with van der Waals surface area (Å²) in [5.74, 6) is 2.08. The van der Waals surface area contributed by atoms with E-state index in [-0.39, 0.29) is 4.90 Å². The number of hydrogen-bond donors (Lipinski definition) is 2. The van der Waals surface area contributed by atoms with Crippen molar-refractivity contribution in [3.05, 3.63) is 35.9 Å². The number of nitrogens with zero attached hydrogens (tertiary/aromatic N) is 2. The number of nitrogens with one attached hydrogen (secondary N) is 2. The van der Waals surface area contributed by atoms with Gasteiger partial charge in [-0.2, -0.15) is 0 Å². The molecule has 0 saturated heterocycles. The van der Waals surface area contributed by atoms with Crippen molar-refractivity contribution in [1.82, 2.24) is 14.9 Å². The summed E-state index contributed by atoms with van der Waals surface area (Å²) in [7, 11) is -2.10. The van der Waals surface area contributed by atoms with Gasteiger partial charge in [-0.3, -0.25) is 0 Å². The smallest absolute Gasteiger partial charge is 0.240 e. The fraction of sp³-hybridized carbons (Fsp3) is 0.500. The van der Waals surface area contributed by atoms with Gasteiger partial charge in [0.1, 0.15) is 5.82 Å². The summed E-state index contributed by atoms with van der Waals surface area (Å²) in [6.45, 7) is 6.37. The van der Waals surface area contributed by atoms with Crippen molar-refractivity contribution in [1.29, 1.82) is 0 Å². The Hall–Kier alpha value is -1.99. The first-order valence-electron chi connectivity index (χ1n) is 9.46. The molecule has 6 nitrogen and oxygen atoms in total. The highest BCUT2D eigenvalue weighted by Crippen LogP contribution is 2.31. The van der Waals surface area contributed by atoms with Crippen LogP contribution in [0.15, 0.2) is 35.2 Å². The lowest BCUT2D eigenvalue weighted by Crippen LogP contribution is -2.35. The fourth-order valence-electron chi connectivity index (χ4n) is 3.70. The maximum absolute atomic E-state index is 12.2. The average Bonchev–Trinajstić information content (AvgIpc) is 2.66. The monoisotopic (exact) mass is 388 g/mol. The number of aromatic nitrogens is 2. The maximum atomic E-state index is 12.2. The third-order valence-corrected chi connectivity index (χ3v) is 7.30. The molecule has 0 radical (unpaired) electrons. The van der Waals surface area contributed by atoms with Gasteiger partial charge in [-0.25, -0.2) is 13.1 Å². The van der Waals surface area contributed by atoms with E-state index >= 15 is 0 Å². The zero-order valence-electron chi connectivity index (χ0n) is 16.4. The van der Waals surface area contributed by atoms with E-state index < -0.39 is 10.0 Å². The number of rotatable bonds is 5. The van der Waals surface area contributed by atoms with Crippen LogP contribution in [0.2, 0.25) is 0 Å². The summed E-state index contributed by atoms with van der Waals surface area (Å²) < 4.78 is 26.7. The predicted octanol–water partition coefficient (Wildman–Crippen LogP) is 3.60. The summed E-state index contributed by atoms with van der Waals surface area (Å²) in [5.41, 5.74) is 2.08. The van der Waals surface area contributed by atoms with Gasteiger partial charge >= 0.3 is 0 Å². The largest absolute Gasteiger partial charge is 0.366 e. The molecule has 1 aromatic heterocycles. The molecule has 1 saturated carbocycles. The molecule has 1 fully saturated rings. The van der Waals surface area contributed by atoms with Crippen LogP contribution in [-0.4, -0.2) is 31.7 Å².